The summed E-state index contributed by atoms with van der Waals surface area (Å²) in [6.45, 7) is 8.90. The number of nitrogens with one attached hydrogen (secondary N) is 2. The van der Waals surface area contributed by atoms with Crippen LogP contribution in [0.2, 0.25) is 0 Å². The van der Waals surface area contributed by atoms with Crippen LogP contribution >= 0.6 is 0 Å². The minimum absolute atomic E-state index is 0.514. The molecule has 3 heteroatoms. The van der Waals surface area contributed by atoms with Gasteiger partial charge in [0.25, 0.3) is 0 Å². The molecule has 0 spiro atoms. The van der Waals surface area contributed by atoms with E-state index >= 15 is 0 Å². The fourth-order valence-corrected chi connectivity index (χ4v) is 0.744. The molecule has 3 nitrogen and oxygen atoms in total. The summed E-state index contributed by atoms with van der Waals surface area (Å²) in [5, 5.41) is 10.2. The Labute approximate surface area is 92.5 Å². The Kier molecular flexibility index (Phi) is 7.24. The normalized spacial score (nSPS) is 13.7. The van der Waals surface area contributed by atoms with Crippen LogP contribution in [0.4, 0.5) is 0 Å². The Bertz CT molecular complexity index is 273. The quantitative estimate of drug-likeness (QED) is 0.406. The van der Waals surface area contributed by atoms with Gasteiger partial charge in [-0.1, -0.05) is 31.6 Å². The molecular formula is C12H21N3. The highest BCUT2D eigenvalue weighted by atomic mass is 15.0. The summed E-state index contributed by atoms with van der Waals surface area (Å²) < 4.78 is 0. The molecule has 0 aromatic rings. The number of aliphatic imine (C=N–C) groups is 1. The minimum Gasteiger partial charge on any atom is -0.346 e. The summed E-state index contributed by atoms with van der Waals surface area (Å²) in [4.78, 5) is 4.19. The van der Waals surface area contributed by atoms with E-state index in [1.54, 1.807) is 0 Å². The highest BCUT2D eigenvalue weighted by Crippen LogP contribution is 2.05. The average molecular weight is 207 g/mol. The van der Waals surface area contributed by atoms with E-state index in [0.717, 1.165) is 0 Å². The van der Waals surface area contributed by atoms with Gasteiger partial charge in [-0.05, 0) is 19.8 Å². The first kappa shape index (κ1) is 13.6. The van der Waals surface area contributed by atoms with E-state index in [2.05, 4.69) is 31.1 Å². The van der Waals surface area contributed by atoms with Crippen molar-refractivity contribution >= 4 is 12.1 Å². The topological polar surface area (TPSA) is 48.2 Å². The predicted octanol–water partition coefficient (Wildman–Crippen LogP) is 2.76. The molecule has 0 atom stereocenters. The van der Waals surface area contributed by atoms with Gasteiger partial charge in [-0.2, -0.15) is 0 Å². The molecule has 0 amide bonds. The highest BCUT2D eigenvalue weighted by Gasteiger charge is 1.95. The van der Waals surface area contributed by atoms with Gasteiger partial charge in [0.05, 0.1) is 12.8 Å². The Morgan fingerprint density at radius 1 is 1.47 bits per heavy atom. The number of allylic oxidation sites excluding steroid dienone is 2. The second kappa shape index (κ2) is 7.97. The molecule has 0 aliphatic heterocycles. The standard InChI is InChI=1S/C12H21N3/c1-5-6-7-14-12(8-13)15-9-11(4)10(2)3/h5-6,8-10,13H,7H2,1-4H3,(H,14,15)/b6-5-,11-9+,13-8?. The van der Waals surface area contributed by atoms with Crippen molar-refractivity contribution in [3.05, 3.63) is 23.9 Å². The molecule has 0 unspecified atom stereocenters. The Hall–Kier alpha value is -1.38. The van der Waals surface area contributed by atoms with Gasteiger partial charge in [-0.25, -0.2) is 0 Å². The zero-order valence-electron chi connectivity index (χ0n) is 10.0. The van der Waals surface area contributed by atoms with Crippen LogP contribution in [0.5, 0.6) is 0 Å². The molecule has 0 fully saturated rings. The van der Waals surface area contributed by atoms with Gasteiger partial charge in [-0.3, -0.25) is 4.99 Å². The zero-order valence-corrected chi connectivity index (χ0v) is 10.0. The van der Waals surface area contributed by atoms with Crippen molar-refractivity contribution in [3.8, 4) is 0 Å². The summed E-state index contributed by atoms with van der Waals surface area (Å²) in [7, 11) is 0. The van der Waals surface area contributed by atoms with E-state index in [1.165, 1.54) is 11.8 Å². The molecule has 0 saturated heterocycles. The first-order valence-corrected chi connectivity index (χ1v) is 5.21. The van der Waals surface area contributed by atoms with Crippen LogP contribution in [0.15, 0.2) is 28.9 Å². The molecule has 2 N–H and O–H groups in total. The first-order chi connectivity index (χ1) is 7.11. The first-order valence-electron chi connectivity index (χ1n) is 5.21. The maximum absolute atomic E-state index is 7.18. The number of nitrogens with zero attached hydrogens (tertiary/aromatic N) is 1. The van der Waals surface area contributed by atoms with Crippen molar-refractivity contribution in [2.24, 2.45) is 10.9 Å². The van der Waals surface area contributed by atoms with Crippen LogP contribution in [0.25, 0.3) is 0 Å². The van der Waals surface area contributed by atoms with Crippen LogP contribution in [-0.4, -0.2) is 18.6 Å². The molecule has 0 aromatic carbocycles. The molecule has 0 heterocycles. The number of hydrogen-bond acceptors (Lipinski definition) is 2. The number of rotatable bonds is 5. The van der Waals surface area contributed by atoms with Crippen molar-refractivity contribution in [3.63, 3.8) is 0 Å². The Morgan fingerprint density at radius 3 is 2.60 bits per heavy atom. The monoisotopic (exact) mass is 207 g/mol. The lowest BCUT2D eigenvalue weighted by molar-refractivity contribution is 0.762. The zero-order chi connectivity index (χ0) is 11.7. The van der Waals surface area contributed by atoms with E-state index in [1.807, 2.05) is 25.3 Å². The van der Waals surface area contributed by atoms with Gasteiger partial charge in [0.2, 0.25) is 0 Å². The van der Waals surface area contributed by atoms with E-state index in [9.17, 15) is 0 Å². The highest BCUT2D eigenvalue weighted by molar-refractivity contribution is 6.28. The third-order valence-electron chi connectivity index (χ3n) is 2.10. The van der Waals surface area contributed by atoms with Crippen molar-refractivity contribution < 1.29 is 0 Å². The molecular weight excluding hydrogens is 186 g/mol. The van der Waals surface area contributed by atoms with Crippen LogP contribution in [0, 0.1) is 11.3 Å². The summed E-state index contributed by atoms with van der Waals surface area (Å²) in [6.07, 6.45) is 7.03. The predicted molar refractivity (Wildman–Crippen MR) is 67.6 cm³/mol. The summed E-state index contributed by atoms with van der Waals surface area (Å²) in [6, 6.07) is 0. The van der Waals surface area contributed by atoms with Crippen molar-refractivity contribution in [1.82, 2.24) is 5.32 Å². The van der Waals surface area contributed by atoms with Crippen LogP contribution < -0.4 is 5.32 Å². The SMILES string of the molecule is C/C=C\CN=C(C=N)N/C=C(\C)C(C)C. The molecule has 15 heavy (non-hydrogen) atoms. The third-order valence-corrected chi connectivity index (χ3v) is 2.10. The van der Waals surface area contributed by atoms with Crippen molar-refractivity contribution in [2.75, 3.05) is 6.54 Å². The lowest BCUT2D eigenvalue weighted by atomic mass is 10.1. The number of hydrogen-bond donors (Lipinski definition) is 2. The van der Waals surface area contributed by atoms with E-state index in [4.69, 9.17) is 5.41 Å². The van der Waals surface area contributed by atoms with Crippen molar-refractivity contribution in [2.45, 2.75) is 27.7 Å². The molecule has 0 bridgehead atoms. The summed E-state index contributed by atoms with van der Waals surface area (Å²) in [5.41, 5.74) is 1.25. The van der Waals surface area contributed by atoms with Gasteiger partial charge in [-0.15, -0.1) is 0 Å². The van der Waals surface area contributed by atoms with Crippen LogP contribution in [0.3, 0.4) is 0 Å². The lowest BCUT2D eigenvalue weighted by Gasteiger charge is -2.06. The third kappa shape index (κ3) is 6.66. The fourth-order valence-electron chi connectivity index (χ4n) is 0.744. The average Bonchev–Trinajstić information content (AvgIpc) is 2.22. The maximum Gasteiger partial charge on any atom is 0.143 e. The molecule has 0 rings (SSSR count). The largest absolute Gasteiger partial charge is 0.346 e. The van der Waals surface area contributed by atoms with Crippen LogP contribution in [-0.2, 0) is 0 Å². The van der Waals surface area contributed by atoms with Gasteiger partial charge < -0.3 is 10.7 Å². The molecule has 0 saturated carbocycles. The molecule has 0 radical (unpaired) electrons. The van der Waals surface area contributed by atoms with E-state index in [-0.39, 0.29) is 0 Å². The van der Waals surface area contributed by atoms with Crippen LogP contribution in [0.1, 0.15) is 27.7 Å². The van der Waals surface area contributed by atoms with Gasteiger partial charge >= 0.3 is 0 Å². The fraction of sp³-hybridized carbons (Fsp3) is 0.500. The second-order valence-electron chi connectivity index (χ2n) is 3.63. The molecule has 84 valence electrons. The lowest BCUT2D eigenvalue weighted by Crippen LogP contribution is -2.19. The minimum atomic E-state index is 0.514. The molecule has 0 aromatic heterocycles. The molecule has 0 aliphatic carbocycles. The van der Waals surface area contributed by atoms with E-state index < -0.39 is 0 Å². The maximum atomic E-state index is 7.18. The van der Waals surface area contributed by atoms with Gasteiger partial charge in [0.15, 0.2) is 0 Å². The smallest absolute Gasteiger partial charge is 0.143 e. The summed E-state index contributed by atoms with van der Waals surface area (Å²) >= 11 is 0. The Balaban J connectivity index is 4.28. The molecule has 0 aliphatic rings. The Morgan fingerprint density at radius 2 is 2.13 bits per heavy atom. The summed E-state index contributed by atoms with van der Waals surface area (Å²) in [5.74, 6) is 1.10. The van der Waals surface area contributed by atoms with E-state index in [0.29, 0.717) is 18.3 Å². The van der Waals surface area contributed by atoms with Crippen molar-refractivity contribution in [1.29, 1.82) is 5.41 Å². The van der Waals surface area contributed by atoms with Gasteiger partial charge in [0, 0.05) is 6.20 Å². The number of amidine groups is 1. The van der Waals surface area contributed by atoms with Gasteiger partial charge in [0.1, 0.15) is 5.84 Å². The second-order valence-corrected chi connectivity index (χ2v) is 3.63.